The fraction of sp³-hybridized carbons (Fsp3) is 0.600. The quantitative estimate of drug-likeness (QED) is 0.866. The SMILES string of the molecule is CCc1nccn1CC(C)C(=O)N1CCc2nc(C3CCNC3)ncc2C1. The molecule has 1 fully saturated rings. The molecular formula is C20H28N6O. The Morgan fingerprint density at radius 2 is 2.30 bits per heavy atom. The van der Waals surface area contributed by atoms with E-state index >= 15 is 0 Å². The van der Waals surface area contributed by atoms with Crippen molar-refractivity contribution in [2.75, 3.05) is 19.6 Å². The van der Waals surface area contributed by atoms with Crippen LogP contribution < -0.4 is 5.32 Å². The predicted octanol–water partition coefficient (Wildman–Crippen LogP) is 1.53. The van der Waals surface area contributed by atoms with Gasteiger partial charge in [0.15, 0.2) is 0 Å². The monoisotopic (exact) mass is 368 g/mol. The fourth-order valence-corrected chi connectivity index (χ4v) is 4.10. The molecule has 0 saturated carbocycles. The van der Waals surface area contributed by atoms with E-state index in [1.165, 1.54) is 0 Å². The van der Waals surface area contributed by atoms with Crippen molar-refractivity contribution in [1.82, 2.24) is 29.7 Å². The highest BCUT2D eigenvalue weighted by Crippen LogP contribution is 2.23. The van der Waals surface area contributed by atoms with Gasteiger partial charge in [-0.15, -0.1) is 0 Å². The van der Waals surface area contributed by atoms with Crippen molar-refractivity contribution in [2.24, 2.45) is 5.92 Å². The summed E-state index contributed by atoms with van der Waals surface area (Å²) in [5.74, 6) is 2.54. The van der Waals surface area contributed by atoms with E-state index in [4.69, 9.17) is 4.98 Å². The molecule has 4 heterocycles. The molecule has 0 radical (unpaired) electrons. The molecule has 4 rings (SSSR count). The van der Waals surface area contributed by atoms with Gasteiger partial charge in [0.1, 0.15) is 11.6 Å². The summed E-state index contributed by atoms with van der Waals surface area (Å²) in [7, 11) is 0. The first-order valence-corrected chi connectivity index (χ1v) is 10.00. The molecule has 0 aliphatic carbocycles. The number of carbonyl (C=O) groups excluding carboxylic acids is 1. The Kier molecular flexibility index (Phi) is 5.20. The Hall–Kier alpha value is -2.28. The number of fused-ring (bicyclic) bond motifs is 1. The molecule has 2 aliphatic heterocycles. The third-order valence-corrected chi connectivity index (χ3v) is 5.70. The lowest BCUT2D eigenvalue weighted by atomic mass is 10.0. The van der Waals surface area contributed by atoms with Gasteiger partial charge < -0.3 is 14.8 Å². The first-order chi connectivity index (χ1) is 13.2. The molecule has 2 aliphatic rings. The number of aromatic nitrogens is 4. The van der Waals surface area contributed by atoms with E-state index in [0.29, 0.717) is 19.0 Å². The van der Waals surface area contributed by atoms with E-state index < -0.39 is 0 Å². The maximum atomic E-state index is 13.0. The van der Waals surface area contributed by atoms with E-state index in [0.717, 1.165) is 61.8 Å². The Morgan fingerprint density at radius 3 is 3.07 bits per heavy atom. The fourth-order valence-electron chi connectivity index (χ4n) is 4.10. The first-order valence-electron chi connectivity index (χ1n) is 10.00. The largest absolute Gasteiger partial charge is 0.338 e. The van der Waals surface area contributed by atoms with Crippen molar-refractivity contribution in [2.45, 2.75) is 52.1 Å². The standard InChI is InChI=1S/C20H28N6O/c1-3-18-22-7-9-25(18)12-14(2)20(27)26-8-5-17-16(13-26)11-23-19(24-17)15-4-6-21-10-15/h7,9,11,14-15,21H,3-6,8,10,12-13H2,1-2H3. The second-order valence-electron chi connectivity index (χ2n) is 7.65. The van der Waals surface area contributed by atoms with Gasteiger partial charge >= 0.3 is 0 Å². The molecule has 7 heteroatoms. The van der Waals surface area contributed by atoms with Crippen LogP contribution >= 0.6 is 0 Å². The van der Waals surface area contributed by atoms with Crippen LogP contribution in [0.5, 0.6) is 0 Å². The average molecular weight is 368 g/mol. The summed E-state index contributed by atoms with van der Waals surface area (Å²) >= 11 is 0. The highest BCUT2D eigenvalue weighted by atomic mass is 16.2. The Balaban J connectivity index is 1.41. The summed E-state index contributed by atoms with van der Waals surface area (Å²) in [4.78, 5) is 28.7. The summed E-state index contributed by atoms with van der Waals surface area (Å²) in [6, 6.07) is 0. The van der Waals surface area contributed by atoms with E-state index in [-0.39, 0.29) is 11.8 Å². The van der Waals surface area contributed by atoms with Crippen molar-refractivity contribution in [3.8, 4) is 0 Å². The summed E-state index contributed by atoms with van der Waals surface area (Å²) in [6.45, 7) is 8.13. The van der Waals surface area contributed by atoms with Crippen molar-refractivity contribution in [3.63, 3.8) is 0 Å². The minimum Gasteiger partial charge on any atom is -0.338 e. The van der Waals surface area contributed by atoms with E-state index in [9.17, 15) is 4.79 Å². The predicted molar refractivity (Wildman–Crippen MR) is 102 cm³/mol. The summed E-state index contributed by atoms with van der Waals surface area (Å²) in [5.41, 5.74) is 2.21. The minimum atomic E-state index is -0.0733. The Bertz CT molecular complexity index is 811. The van der Waals surface area contributed by atoms with Crippen LogP contribution in [0, 0.1) is 5.92 Å². The molecule has 1 N–H and O–H groups in total. The van der Waals surface area contributed by atoms with Crippen LogP contribution in [0.25, 0.3) is 0 Å². The second-order valence-corrected chi connectivity index (χ2v) is 7.65. The van der Waals surface area contributed by atoms with Gasteiger partial charge in [0.2, 0.25) is 5.91 Å². The van der Waals surface area contributed by atoms with Gasteiger partial charge in [-0.05, 0) is 13.0 Å². The number of rotatable bonds is 5. The lowest BCUT2D eigenvalue weighted by molar-refractivity contribution is -0.136. The third kappa shape index (κ3) is 3.74. The Labute approximate surface area is 160 Å². The zero-order chi connectivity index (χ0) is 18.8. The molecule has 0 aromatic carbocycles. The van der Waals surface area contributed by atoms with E-state index in [2.05, 4.69) is 26.8 Å². The molecule has 2 atom stereocenters. The van der Waals surface area contributed by atoms with Crippen molar-refractivity contribution < 1.29 is 4.79 Å². The lowest BCUT2D eigenvalue weighted by Crippen LogP contribution is -2.40. The number of carbonyl (C=O) groups is 1. The van der Waals surface area contributed by atoms with Crippen molar-refractivity contribution in [3.05, 3.63) is 41.5 Å². The number of hydrogen-bond acceptors (Lipinski definition) is 5. The number of hydrogen-bond donors (Lipinski definition) is 1. The maximum absolute atomic E-state index is 13.0. The van der Waals surface area contributed by atoms with Crippen LogP contribution in [-0.2, 0) is 30.7 Å². The second kappa shape index (κ2) is 7.76. The van der Waals surface area contributed by atoms with Gasteiger partial charge in [-0.2, -0.15) is 0 Å². The van der Waals surface area contributed by atoms with Crippen LogP contribution in [-0.4, -0.2) is 50.0 Å². The van der Waals surface area contributed by atoms with Gasteiger partial charge in [-0.25, -0.2) is 15.0 Å². The molecule has 2 unspecified atom stereocenters. The Morgan fingerprint density at radius 1 is 1.41 bits per heavy atom. The number of aryl methyl sites for hydroxylation is 1. The van der Waals surface area contributed by atoms with Gasteiger partial charge in [-0.1, -0.05) is 13.8 Å². The van der Waals surface area contributed by atoms with Gasteiger partial charge in [-0.3, -0.25) is 4.79 Å². The maximum Gasteiger partial charge on any atom is 0.227 e. The normalized spacial score (nSPS) is 20.5. The number of nitrogens with zero attached hydrogens (tertiary/aromatic N) is 5. The zero-order valence-electron chi connectivity index (χ0n) is 16.2. The molecule has 1 amide bonds. The van der Waals surface area contributed by atoms with Crippen LogP contribution in [0.3, 0.4) is 0 Å². The van der Waals surface area contributed by atoms with E-state index in [1.54, 1.807) is 0 Å². The zero-order valence-corrected chi connectivity index (χ0v) is 16.2. The highest BCUT2D eigenvalue weighted by molar-refractivity contribution is 5.78. The molecule has 2 aromatic heterocycles. The molecule has 144 valence electrons. The van der Waals surface area contributed by atoms with Crippen molar-refractivity contribution in [1.29, 1.82) is 0 Å². The lowest BCUT2D eigenvalue weighted by Gasteiger charge is -2.30. The van der Waals surface area contributed by atoms with Gasteiger partial charge in [0.05, 0.1) is 11.6 Å². The van der Waals surface area contributed by atoms with Crippen LogP contribution in [0.1, 0.15) is 49.1 Å². The molecule has 27 heavy (non-hydrogen) atoms. The van der Waals surface area contributed by atoms with Crippen LogP contribution in [0.15, 0.2) is 18.6 Å². The molecule has 2 aromatic rings. The van der Waals surface area contributed by atoms with Gasteiger partial charge in [0.25, 0.3) is 0 Å². The first kappa shape index (κ1) is 18.1. The van der Waals surface area contributed by atoms with Crippen molar-refractivity contribution >= 4 is 5.91 Å². The topological polar surface area (TPSA) is 75.9 Å². The average Bonchev–Trinajstić information content (AvgIpc) is 3.38. The number of nitrogens with one attached hydrogen (secondary N) is 1. The third-order valence-electron chi connectivity index (χ3n) is 5.70. The molecular weight excluding hydrogens is 340 g/mol. The molecule has 1 saturated heterocycles. The van der Waals surface area contributed by atoms with Crippen LogP contribution in [0.4, 0.5) is 0 Å². The van der Waals surface area contributed by atoms with Gasteiger partial charge in [0, 0.05) is 69.1 Å². The summed E-state index contributed by atoms with van der Waals surface area (Å²) in [5, 5.41) is 3.37. The van der Waals surface area contributed by atoms with E-state index in [1.807, 2.05) is 30.4 Å². The number of amides is 1. The summed E-state index contributed by atoms with van der Waals surface area (Å²) in [6.07, 6.45) is 8.50. The smallest absolute Gasteiger partial charge is 0.227 e. The number of imidazole rings is 1. The minimum absolute atomic E-state index is 0.0733. The molecule has 7 nitrogen and oxygen atoms in total. The van der Waals surface area contributed by atoms with Crippen LogP contribution in [0.2, 0.25) is 0 Å². The highest BCUT2D eigenvalue weighted by Gasteiger charge is 2.27. The molecule has 0 bridgehead atoms. The molecule has 0 spiro atoms. The summed E-state index contributed by atoms with van der Waals surface area (Å²) < 4.78 is 2.09.